The molecule has 1 heterocycles. The molecule has 2 N–H and O–H groups in total. The number of hydrogen-bond donors (Lipinski definition) is 1. The number of amides is 2. The maximum Gasteiger partial charge on any atom is 0.222 e. The van der Waals surface area contributed by atoms with Crippen molar-refractivity contribution in [3.8, 4) is 0 Å². The number of carbonyl (C=O) groups excluding carboxylic acids is 2. The van der Waals surface area contributed by atoms with Crippen LogP contribution in [0.4, 0.5) is 0 Å². The quantitative estimate of drug-likeness (QED) is 0.770. The molecular weight excluding hydrogens is 278 g/mol. The summed E-state index contributed by atoms with van der Waals surface area (Å²) in [6.45, 7) is 7.71. The van der Waals surface area contributed by atoms with Crippen LogP contribution in [0.2, 0.25) is 0 Å². The van der Waals surface area contributed by atoms with Gasteiger partial charge in [0.05, 0.1) is 0 Å². The van der Waals surface area contributed by atoms with Gasteiger partial charge in [0, 0.05) is 39.0 Å². The number of carbonyl (C=O) groups is 2. The van der Waals surface area contributed by atoms with Crippen molar-refractivity contribution >= 4 is 24.2 Å². The fraction of sp³-hybridized carbons (Fsp3) is 0.857. The van der Waals surface area contributed by atoms with Crippen molar-refractivity contribution in [1.82, 2.24) is 9.80 Å². The molecule has 0 spiro atoms. The van der Waals surface area contributed by atoms with Gasteiger partial charge in [-0.2, -0.15) is 0 Å². The molecular formula is C14H28ClN3O2. The van der Waals surface area contributed by atoms with E-state index in [1.54, 1.807) is 0 Å². The van der Waals surface area contributed by atoms with Crippen LogP contribution in [-0.4, -0.2) is 54.3 Å². The Labute approximate surface area is 128 Å². The van der Waals surface area contributed by atoms with Crippen molar-refractivity contribution in [3.63, 3.8) is 0 Å². The lowest BCUT2D eigenvalue weighted by molar-refractivity contribution is -0.132. The summed E-state index contributed by atoms with van der Waals surface area (Å²) in [4.78, 5) is 27.4. The number of rotatable bonds is 7. The third kappa shape index (κ3) is 5.67. The van der Waals surface area contributed by atoms with Crippen LogP contribution in [0.1, 0.15) is 39.5 Å². The zero-order valence-electron chi connectivity index (χ0n) is 12.6. The number of nitrogens with two attached hydrogens (primary N) is 1. The fourth-order valence-electron chi connectivity index (χ4n) is 2.53. The number of halogens is 1. The van der Waals surface area contributed by atoms with Crippen molar-refractivity contribution < 1.29 is 9.59 Å². The van der Waals surface area contributed by atoms with Gasteiger partial charge in [-0.3, -0.25) is 9.59 Å². The van der Waals surface area contributed by atoms with E-state index in [4.69, 9.17) is 5.73 Å². The smallest absolute Gasteiger partial charge is 0.222 e. The Balaban J connectivity index is 0.00000361. The van der Waals surface area contributed by atoms with Gasteiger partial charge in [-0.05, 0) is 39.2 Å². The number of nitrogens with zero attached hydrogens (tertiary/aromatic N) is 2. The van der Waals surface area contributed by atoms with Crippen LogP contribution >= 0.6 is 12.4 Å². The largest absolute Gasteiger partial charge is 0.343 e. The summed E-state index contributed by atoms with van der Waals surface area (Å²) in [5.74, 6) is 0.781. The lowest BCUT2D eigenvalue weighted by atomic mass is 10.1. The van der Waals surface area contributed by atoms with Crippen molar-refractivity contribution in [2.75, 3.05) is 32.7 Å². The van der Waals surface area contributed by atoms with Gasteiger partial charge >= 0.3 is 0 Å². The van der Waals surface area contributed by atoms with Crippen molar-refractivity contribution in [2.24, 2.45) is 11.7 Å². The Kier molecular flexibility index (Phi) is 9.59. The zero-order valence-corrected chi connectivity index (χ0v) is 13.5. The monoisotopic (exact) mass is 305 g/mol. The first-order valence-electron chi connectivity index (χ1n) is 7.37. The van der Waals surface area contributed by atoms with E-state index in [2.05, 4.69) is 0 Å². The SMILES string of the molecule is CCN(CC)C(=O)CCCC(=O)N1CCC(CN)C1.Cl. The van der Waals surface area contributed by atoms with E-state index in [0.717, 1.165) is 32.6 Å². The lowest BCUT2D eigenvalue weighted by Gasteiger charge is -2.19. The number of likely N-dealkylation sites (tertiary alicyclic amines) is 1. The minimum Gasteiger partial charge on any atom is -0.343 e. The third-order valence-electron chi connectivity index (χ3n) is 3.87. The van der Waals surface area contributed by atoms with Crippen LogP contribution in [-0.2, 0) is 9.59 Å². The highest BCUT2D eigenvalue weighted by atomic mass is 35.5. The Morgan fingerprint density at radius 1 is 1.25 bits per heavy atom. The molecule has 1 saturated heterocycles. The molecule has 0 aromatic carbocycles. The minimum absolute atomic E-state index is 0. The van der Waals surface area contributed by atoms with Crippen molar-refractivity contribution in [1.29, 1.82) is 0 Å². The molecule has 0 bridgehead atoms. The summed E-state index contributed by atoms with van der Waals surface area (Å²) in [7, 11) is 0. The third-order valence-corrected chi connectivity index (χ3v) is 3.87. The molecule has 1 atom stereocenters. The topological polar surface area (TPSA) is 66.6 Å². The van der Waals surface area contributed by atoms with Gasteiger partial charge in [0.1, 0.15) is 0 Å². The van der Waals surface area contributed by atoms with Crippen LogP contribution in [0.15, 0.2) is 0 Å². The van der Waals surface area contributed by atoms with Crippen LogP contribution in [0.25, 0.3) is 0 Å². The Bertz CT molecular complexity index is 309. The maximum atomic E-state index is 12.0. The van der Waals surface area contributed by atoms with E-state index in [1.807, 2.05) is 23.6 Å². The molecule has 1 rings (SSSR count). The van der Waals surface area contributed by atoms with E-state index in [0.29, 0.717) is 31.7 Å². The second-order valence-corrected chi connectivity index (χ2v) is 5.15. The minimum atomic E-state index is 0. The van der Waals surface area contributed by atoms with Crippen molar-refractivity contribution in [3.05, 3.63) is 0 Å². The summed E-state index contributed by atoms with van der Waals surface area (Å²) in [5, 5.41) is 0. The molecule has 118 valence electrons. The second kappa shape index (κ2) is 10.00. The first-order chi connectivity index (χ1) is 9.12. The van der Waals surface area contributed by atoms with Gasteiger partial charge in [0.25, 0.3) is 0 Å². The average molecular weight is 306 g/mol. The van der Waals surface area contributed by atoms with E-state index in [1.165, 1.54) is 0 Å². The summed E-state index contributed by atoms with van der Waals surface area (Å²) in [5.41, 5.74) is 5.61. The van der Waals surface area contributed by atoms with Gasteiger partial charge < -0.3 is 15.5 Å². The lowest BCUT2D eigenvalue weighted by Crippen LogP contribution is -2.31. The van der Waals surface area contributed by atoms with Gasteiger partial charge in [0.15, 0.2) is 0 Å². The van der Waals surface area contributed by atoms with Crippen LogP contribution < -0.4 is 5.73 Å². The average Bonchev–Trinajstić information content (AvgIpc) is 2.89. The first-order valence-corrected chi connectivity index (χ1v) is 7.37. The van der Waals surface area contributed by atoms with E-state index >= 15 is 0 Å². The number of hydrogen-bond acceptors (Lipinski definition) is 3. The second-order valence-electron chi connectivity index (χ2n) is 5.15. The standard InChI is InChI=1S/C14H27N3O2.ClH/c1-3-16(4-2)13(18)6-5-7-14(19)17-9-8-12(10-15)11-17;/h12H,3-11,15H2,1-2H3;1H. The molecule has 0 aliphatic carbocycles. The first kappa shape index (κ1) is 19.2. The highest BCUT2D eigenvalue weighted by molar-refractivity contribution is 5.85. The van der Waals surface area contributed by atoms with Crippen LogP contribution in [0.3, 0.4) is 0 Å². The van der Waals surface area contributed by atoms with E-state index in [-0.39, 0.29) is 24.2 Å². The molecule has 0 radical (unpaired) electrons. The summed E-state index contributed by atoms with van der Waals surface area (Å²) in [6.07, 6.45) is 2.62. The Hall–Kier alpha value is -0.810. The highest BCUT2D eigenvalue weighted by Crippen LogP contribution is 2.16. The molecule has 1 unspecified atom stereocenters. The molecule has 20 heavy (non-hydrogen) atoms. The van der Waals surface area contributed by atoms with Gasteiger partial charge in [-0.25, -0.2) is 0 Å². The van der Waals surface area contributed by atoms with Crippen molar-refractivity contribution in [2.45, 2.75) is 39.5 Å². The zero-order chi connectivity index (χ0) is 14.3. The fourth-order valence-corrected chi connectivity index (χ4v) is 2.53. The predicted molar refractivity (Wildman–Crippen MR) is 82.8 cm³/mol. The molecule has 1 aliphatic rings. The van der Waals surface area contributed by atoms with Crippen LogP contribution in [0.5, 0.6) is 0 Å². The molecule has 1 fully saturated rings. The molecule has 0 aromatic rings. The van der Waals surface area contributed by atoms with E-state index < -0.39 is 0 Å². The molecule has 2 amide bonds. The molecule has 6 heteroatoms. The maximum absolute atomic E-state index is 12.0. The summed E-state index contributed by atoms with van der Waals surface area (Å²) >= 11 is 0. The predicted octanol–water partition coefficient (Wildman–Crippen LogP) is 1.25. The summed E-state index contributed by atoms with van der Waals surface area (Å²) < 4.78 is 0. The van der Waals surface area contributed by atoms with Gasteiger partial charge in [0.2, 0.25) is 11.8 Å². The Morgan fingerprint density at radius 3 is 2.40 bits per heavy atom. The molecule has 0 aromatic heterocycles. The van der Waals surface area contributed by atoms with Gasteiger partial charge in [-0.1, -0.05) is 0 Å². The summed E-state index contributed by atoms with van der Waals surface area (Å²) in [6, 6.07) is 0. The molecule has 5 nitrogen and oxygen atoms in total. The highest BCUT2D eigenvalue weighted by Gasteiger charge is 2.24. The van der Waals surface area contributed by atoms with E-state index in [9.17, 15) is 9.59 Å². The van der Waals surface area contributed by atoms with Gasteiger partial charge in [-0.15, -0.1) is 12.4 Å². The normalized spacial score (nSPS) is 17.8. The molecule has 0 saturated carbocycles. The molecule has 1 aliphatic heterocycles. The van der Waals surface area contributed by atoms with Crippen LogP contribution in [0, 0.1) is 5.92 Å². The Morgan fingerprint density at radius 2 is 1.90 bits per heavy atom.